The molecule has 130 valence electrons. The Kier molecular flexibility index (Phi) is 5.01. The normalized spacial score (nSPS) is 26.6. The van der Waals surface area contributed by atoms with Crippen LogP contribution in [0.3, 0.4) is 0 Å². The van der Waals surface area contributed by atoms with Gasteiger partial charge >= 0.3 is 0 Å². The van der Waals surface area contributed by atoms with E-state index in [2.05, 4.69) is 9.88 Å². The lowest BCUT2D eigenvalue weighted by atomic mass is 10.0. The Morgan fingerprint density at radius 1 is 1.29 bits per heavy atom. The van der Waals surface area contributed by atoms with Crippen molar-refractivity contribution in [1.29, 1.82) is 0 Å². The van der Waals surface area contributed by atoms with Crippen LogP contribution in [-0.2, 0) is 21.2 Å². The maximum Gasteiger partial charge on any atom is 0.226 e. The molecule has 0 unspecified atom stereocenters. The number of hydrogen-bond donors (Lipinski definition) is 0. The minimum Gasteiger partial charge on any atom is -0.336 e. The van der Waals surface area contributed by atoms with E-state index in [1.165, 1.54) is 0 Å². The van der Waals surface area contributed by atoms with Crippen molar-refractivity contribution < 1.29 is 13.2 Å². The molecule has 0 aliphatic carbocycles. The molecule has 2 aliphatic rings. The topological polar surface area (TPSA) is 70.6 Å². The van der Waals surface area contributed by atoms with E-state index >= 15 is 0 Å². The van der Waals surface area contributed by atoms with E-state index in [9.17, 15) is 13.2 Å². The van der Waals surface area contributed by atoms with Crippen molar-refractivity contribution in [3.63, 3.8) is 0 Å². The van der Waals surface area contributed by atoms with Crippen molar-refractivity contribution in [2.24, 2.45) is 0 Å². The third kappa shape index (κ3) is 3.67. The molecule has 7 heteroatoms. The smallest absolute Gasteiger partial charge is 0.226 e. The molecule has 6 nitrogen and oxygen atoms in total. The van der Waals surface area contributed by atoms with Crippen molar-refractivity contribution in [1.82, 2.24) is 14.8 Å². The van der Waals surface area contributed by atoms with Crippen LogP contribution in [0.25, 0.3) is 0 Å². The number of sulfone groups is 1. The average Bonchev–Trinajstić information content (AvgIpc) is 2.89. The highest BCUT2D eigenvalue weighted by Crippen LogP contribution is 2.28. The van der Waals surface area contributed by atoms with Gasteiger partial charge in [0.15, 0.2) is 9.84 Å². The highest BCUT2D eigenvalue weighted by atomic mass is 32.2. The summed E-state index contributed by atoms with van der Waals surface area (Å²) in [5, 5.41) is 0. The van der Waals surface area contributed by atoms with Gasteiger partial charge in [-0.15, -0.1) is 0 Å². The summed E-state index contributed by atoms with van der Waals surface area (Å²) in [5.74, 6) is 0.202. The maximum absolute atomic E-state index is 12.4. The molecular weight excluding hydrogens is 326 g/mol. The van der Waals surface area contributed by atoms with Crippen LogP contribution in [0.1, 0.15) is 19.0 Å². The fraction of sp³-hybridized carbons (Fsp3) is 0.529. The van der Waals surface area contributed by atoms with Crippen LogP contribution in [0.4, 0.5) is 0 Å². The largest absolute Gasteiger partial charge is 0.336 e. The fourth-order valence-electron chi connectivity index (χ4n) is 3.57. The number of hydrogen-bond acceptors (Lipinski definition) is 5. The SMILES string of the molecule is CC=CCC(=O)N1CCN(Cc2ccccn2)[C@@H]2CS(=O)(=O)C[C@@H]21. The van der Waals surface area contributed by atoms with Crippen molar-refractivity contribution in [2.45, 2.75) is 32.0 Å². The first-order valence-corrected chi connectivity index (χ1v) is 10.1. The van der Waals surface area contributed by atoms with E-state index in [0.717, 1.165) is 5.69 Å². The van der Waals surface area contributed by atoms with Gasteiger partial charge in [0.2, 0.25) is 5.91 Å². The Morgan fingerprint density at radius 3 is 2.79 bits per heavy atom. The number of aromatic nitrogens is 1. The first-order chi connectivity index (χ1) is 11.5. The minimum absolute atomic E-state index is 0.0117. The Hall–Kier alpha value is -1.73. The number of amides is 1. The van der Waals surface area contributed by atoms with Gasteiger partial charge in [-0.1, -0.05) is 18.2 Å². The van der Waals surface area contributed by atoms with E-state index in [1.54, 1.807) is 11.1 Å². The summed E-state index contributed by atoms with van der Waals surface area (Å²) in [6.07, 6.45) is 5.74. The number of piperazine rings is 1. The summed E-state index contributed by atoms with van der Waals surface area (Å²) < 4.78 is 24.4. The maximum atomic E-state index is 12.4. The predicted octanol–water partition coefficient (Wildman–Crippen LogP) is 0.858. The monoisotopic (exact) mass is 349 g/mol. The molecule has 0 saturated carbocycles. The molecule has 1 aromatic rings. The molecule has 1 amide bonds. The number of rotatable bonds is 4. The Labute approximate surface area is 143 Å². The Balaban J connectivity index is 1.78. The molecular formula is C17H23N3O3S. The second-order valence-corrected chi connectivity index (χ2v) is 8.52. The highest BCUT2D eigenvalue weighted by Gasteiger charge is 2.47. The van der Waals surface area contributed by atoms with E-state index in [0.29, 0.717) is 26.1 Å². The summed E-state index contributed by atoms with van der Waals surface area (Å²) in [7, 11) is -3.11. The number of allylic oxidation sites excluding steroid dienone is 1. The fourth-order valence-corrected chi connectivity index (χ4v) is 5.58. The van der Waals surface area contributed by atoms with Crippen molar-refractivity contribution in [3.8, 4) is 0 Å². The summed E-state index contributed by atoms with van der Waals surface area (Å²) in [6, 6.07) is 5.36. The van der Waals surface area contributed by atoms with Crippen molar-refractivity contribution in [3.05, 3.63) is 42.2 Å². The quantitative estimate of drug-likeness (QED) is 0.754. The van der Waals surface area contributed by atoms with Crippen LogP contribution < -0.4 is 0 Å². The van der Waals surface area contributed by atoms with Gasteiger partial charge in [-0.3, -0.25) is 14.7 Å². The first kappa shape index (κ1) is 17.1. The number of pyridine rings is 1. The van der Waals surface area contributed by atoms with Crippen LogP contribution in [0.5, 0.6) is 0 Å². The zero-order valence-electron chi connectivity index (χ0n) is 13.8. The summed E-state index contributed by atoms with van der Waals surface area (Å²) >= 11 is 0. The number of carbonyl (C=O) groups is 1. The summed E-state index contributed by atoms with van der Waals surface area (Å²) in [5.41, 5.74) is 0.925. The Bertz CT molecular complexity index is 718. The molecule has 0 radical (unpaired) electrons. The second-order valence-electron chi connectivity index (χ2n) is 6.36. The summed E-state index contributed by atoms with van der Waals surface area (Å²) in [6.45, 7) is 3.74. The highest BCUT2D eigenvalue weighted by molar-refractivity contribution is 7.91. The lowest BCUT2D eigenvalue weighted by Crippen LogP contribution is -2.60. The number of fused-ring (bicyclic) bond motifs is 1. The van der Waals surface area contributed by atoms with Gasteiger partial charge in [-0.05, 0) is 19.1 Å². The lowest BCUT2D eigenvalue weighted by molar-refractivity contribution is -0.136. The van der Waals surface area contributed by atoms with E-state index in [1.807, 2.05) is 37.3 Å². The van der Waals surface area contributed by atoms with Gasteiger partial charge < -0.3 is 4.90 Å². The Morgan fingerprint density at radius 2 is 2.08 bits per heavy atom. The third-order valence-electron chi connectivity index (χ3n) is 4.73. The standard InChI is InChI=1S/C17H23N3O3S/c1-2-3-7-17(21)20-10-9-19(11-14-6-4-5-8-18-14)15-12-24(22,23)13-16(15)20/h2-6,8,15-16H,7,9-13H2,1H3/t15-,16+/m1/s1. The second kappa shape index (κ2) is 7.03. The molecule has 3 heterocycles. The first-order valence-electron chi connectivity index (χ1n) is 8.25. The van der Waals surface area contributed by atoms with Gasteiger partial charge in [0, 0.05) is 38.3 Å². The molecule has 0 aromatic carbocycles. The lowest BCUT2D eigenvalue weighted by Gasteiger charge is -2.43. The zero-order valence-corrected chi connectivity index (χ0v) is 14.7. The van der Waals surface area contributed by atoms with Crippen LogP contribution in [-0.4, -0.2) is 65.8 Å². The van der Waals surface area contributed by atoms with Gasteiger partial charge in [-0.25, -0.2) is 8.42 Å². The van der Waals surface area contributed by atoms with Gasteiger partial charge in [-0.2, -0.15) is 0 Å². The van der Waals surface area contributed by atoms with E-state index in [4.69, 9.17) is 0 Å². The van der Waals surface area contributed by atoms with Gasteiger partial charge in [0.25, 0.3) is 0 Å². The molecule has 24 heavy (non-hydrogen) atoms. The van der Waals surface area contributed by atoms with E-state index < -0.39 is 9.84 Å². The third-order valence-corrected chi connectivity index (χ3v) is 6.43. The molecule has 2 aliphatic heterocycles. The number of nitrogens with zero attached hydrogens (tertiary/aromatic N) is 3. The molecule has 2 atom stereocenters. The molecule has 2 saturated heterocycles. The van der Waals surface area contributed by atoms with Crippen LogP contribution in [0, 0.1) is 0 Å². The van der Waals surface area contributed by atoms with Crippen molar-refractivity contribution >= 4 is 15.7 Å². The molecule has 0 bridgehead atoms. The molecule has 0 spiro atoms. The molecule has 3 rings (SSSR count). The van der Waals surface area contributed by atoms with Crippen LogP contribution in [0.2, 0.25) is 0 Å². The predicted molar refractivity (Wildman–Crippen MR) is 92.0 cm³/mol. The minimum atomic E-state index is -3.11. The molecule has 2 fully saturated rings. The zero-order chi connectivity index (χ0) is 17.2. The average molecular weight is 349 g/mol. The van der Waals surface area contributed by atoms with Crippen LogP contribution >= 0.6 is 0 Å². The molecule has 0 N–H and O–H groups in total. The van der Waals surface area contributed by atoms with Gasteiger partial charge in [0.05, 0.1) is 23.2 Å². The van der Waals surface area contributed by atoms with E-state index in [-0.39, 0.29) is 29.5 Å². The molecule has 1 aromatic heterocycles. The van der Waals surface area contributed by atoms with Crippen molar-refractivity contribution in [2.75, 3.05) is 24.6 Å². The summed E-state index contributed by atoms with van der Waals surface area (Å²) in [4.78, 5) is 20.7. The van der Waals surface area contributed by atoms with Gasteiger partial charge in [0.1, 0.15) is 0 Å². The van der Waals surface area contributed by atoms with Crippen LogP contribution in [0.15, 0.2) is 36.5 Å². The number of carbonyl (C=O) groups excluding carboxylic acids is 1.